The van der Waals surface area contributed by atoms with Crippen LogP contribution >= 0.6 is 0 Å². The minimum atomic E-state index is 0.0765. The van der Waals surface area contributed by atoms with E-state index in [-0.39, 0.29) is 11.9 Å². The molecule has 3 heteroatoms. The summed E-state index contributed by atoms with van der Waals surface area (Å²) in [5, 5.41) is 3.16. The first-order chi connectivity index (χ1) is 11.5. The van der Waals surface area contributed by atoms with Gasteiger partial charge in [0, 0.05) is 6.42 Å². The summed E-state index contributed by atoms with van der Waals surface area (Å²) in [5.41, 5.74) is 4.86. The van der Waals surface area contributed by atoms with Gasteiger partial charge in [-0.3, -0.25) is 4.79 Å². The number of amides is 1. The molecule has 0 aliphatic heterocycles. The van der Waals surface area contributed by atoms with Crippen LogP contribution in [0, 0.1) is 13.8 Å². The SMILES string of the molecule is CC[C@@H](NC(=O)CCc1ccc(OC)cc1)c1ccc(C)c(C)c1. The number of hydrogen-bond acceptors (Lipinski definition) is 2. The monoisotopic (exact) mass is 325 g/mol. The number of hydrogen-bond donors (Lipinski definition) is 1. The summed E-state index contributed by atoms with van der Waals surface area (Å²) in [6, 6.07) is 14.4. The van der Waals surface area contributed by atoms with Crippen LogP contribution in [0.3, 0.4) is 0 Å². The number of ether oxygens (including phenoxy) is 1. The van der Waals surface area contributed by atoms with Crippen molar-refractivity contribution in [2.24, 2.45) is 0 Å². The molecular formula is C21H27NO2. The van der Waals surface area contributed by atoms with E-state index in [1.54, 1.807) is 7.11 Å². The van der Waals surface area contributed by atoms with Crippen molar-refractivity contribution >= 4 is 5.91 Å². The average Bonchev–Trinajstić information content (AvgIpc) is 2.60. The Hall–Kier alpha value is -2.29. The zero-order valence-corrected chi connectivity index (χ0v) is 15.1. The second kappa shape index (κ2) is 8.53. The molecule has 2 aromatic rings. The molecule has 0 bridgehead atoms. The third-order valence-electron chi connectivity index (χ3n) is 4.48. The minimum absolute atomic E-state index is 0.0765. The lowest BCUT2D eigenvalue weighted by Gasteiger charge is -2.18. The Balaban J connectivity index is 1.92. The van der Waals surface area contributed by atoms with E-state index in [0.717, 1.165) is 24.2 Å². The summed E-state index contributed by atoms with van der Waals surface area (Å²) < 4.78 is 5.15. The molecule has 24 heavy (non-hydrogen) atoms. The Kier molecular flexibility index (Phi) is 6.42. The van der Waals surface area contributed by atoms with Crippen molar-refractivity contribution in [2.45, 2.75) is 46.1 Å². The normalized spacial score (nSPS) is 11.8. The second-order valence-electron chi connectivity index (χ2n) is 6.22. The van der Waals surface area contributed by atoms with Crippen molar-refractivity contribution in [3.63, 3.8) is 0 Å². The van der Waals surface area contributed by atoms with Crippen molar-refractivity contribution in [2.75, 3.05) is 7.11 Å². The molecule has 2 rings (SSSR count). The van der Waals surface area contributed by atoms with Crippen LogP contribution in [0.25, 0.3) is 0 Å². The van der Waals surface area contributed by atoms with Crippen molar-refractivity contribution in [1.29, 1.82) is 0 Å². The molecule has 0 heterocycles. The summed E-state index contributed by atoms with van der Waals surface area (Å²) in [4.78, 5) is 12.3. The summed E-state index contributed by atoms with van der Waals surface area (Å²) in [5.74, 6) is 0.930. The van der Waals surface area contributed by atoms with E-state index in [4.69, 9.17) is 4.74 Å². The highest BCUT2D eigenvalue weighted by molar-refractivity contribution is 5.76. The second-order valence-corrected chi connectivity index (χ2v) is 6.22. The number of methoxy groups -OCH3 is 1. The van der Waals surface area contributed by atoms with Crippen LogP contribution in [-0.2, 0) is 11.2 Å². The molecule has 0 saturated carbocycles. The highest BCUT2D eigenvalue weighted by Gasteiger charge is 2.13. The molecule has 2 aromatic carbocycles. The smallest absolute Gasteiger partial charge is 0.220 e. The number of carbonyl (C=O) groups is 1. The highest BCUT2D eigenvalue weighted by Crippen LogP contribution is 2.20. The largest absolute Gasteiger partial charge is 0.497 e. The molecule has 0 fully saturated rings. The predicted octanol–water partition coefficient (Wildman–Crippen LogP) is 4.51. The van der Waals surface area contributed by atoms with E-state index in [1.165, 1.54) is 16.7 Å². The number of benzene rings is 2. The average molecular weight is 325 g/mol. The third kappa shape index (κ3) is 4.85. The lowest BCUT2D eigenvalue weighted by Crippen LogP contribution is -2.28. The maximum atomic E-state index is 12.3. The van der Waals surface area contributed by atoms with E-state index in [2.05, 4.69) is 44.3 Å². The topological polar surface area (TPSA) is 38.3 Å². The molecule has 0 aromatic heterocycles. The highest BCUT2D eigenvalue weighted by atomic mass is 16.5. The number of aryl methyl sites for hydroxylation is 3. The predicted molar refractivity (Wildman–Crippen MR) is 98.4 cm³/mol. The van der Waals surface area contributed by atoms with Gasteiger partial charge in [0.05, 0.1) is 13.2 Å². The van der Waals surface area contributed by atoms with Crippen LogP contribution < -0.4 is 10.1 Å². The van der Waals surface area contributed by atoms with Crippen molar-refractivity contribution < 1.29 is 9.53 Å². The van der Waals surface area contributed by atoms with Gasteiger partial charge in [-0.1, -0.05) is 37.3 Å². The van der Waals surface area contributed by atoms with Crippen LogP contribution in [0.5, 0.6) is 5.75 Å². The zero-order chi connectivity index (χ0) is 17.5. The van der Waals surface area contributed by atoms with E-state index in [9.17, 15) is 4.79 Å². The molecule has 0 unspecified atom stereocenters. The fraction of sp³-hybridized carbons (Fsp3) is 0.381. The van der Waals surface area contributed by atoms with Gasteiger partial charge in [0.2, 0.25) is 5.91 Å². The quantitative estimate of drug-likeness (QED) is 0.813. The summed E-state index contributed by atoms with van der Waals surface area (Å²) in [6.45, 7) is 6.31. The van der Waals surface area contributed by atoms with Crippen LogP contribution in [-0.4, -0.2) is 13.0 Å². The van der Waals surface area contributed by atoms with Crippen LogP contribution in [0.2, 0.25) is 0 Å². The minimum Gasteiger partial charge on any atom is -0.497 e. The van der Waals surface area contributed by atoms with E-state index in [1.807, 2.05) is 24.3 Å². The molecule has 0 aliphatic carbocycles. The Labute approximate surface area is 145 Å². The Morgan fingerprint density at radius 2 is 1.79 bits per heavy atom. The molecule has 128 valence electrons. The first-order valence-electron chi connectivity index (χ1n) is 8.53. The van der Waals surface area contributed by atoms with Crippen molar-refractivity contribution in [3.8, 4) is 5.75 Å². The van der Waals surface area contributed by atoms with E-state index in [0.29, 0.717) is 6.42 Å². The van der Waals surface area contributed by atoms with Crippen molar-refractivity contribution in [3.05, 3.63) is 64.7 Å². The van der Waals surface area contributed by atoms with Crippen molar-refractivity contribution in [1.82, 2.24) is 5.32 Å². The Bertz CT molecular complexity index is 677. The molecule has 0 saturated heterocycles. The molecular weight excluding hydrogens is 298 g/mol. The van der Waals surface area contributed by atoms with E-state index >= 15 is 0 Å². The number of rotatable bonds is 7. The fourth-order valence-corrected chi connectivity index (χ4v) is 2.72. The van der Waals surface area contributed by atoms with Gasteiger partial charge in [-0.2, -0.15) is 0 Å². The standard InChI is InChI=1S/C21H27NO2/c1-5-20(18-10-6-15(2)16(3)14-18)22-21(23)13-9-17-7-11-19(24-4)12-8-17/h6-8,10-12,14,20H,5,9,13H2,1-4H3,(H,22,23)/t20-/m1/s1. The molecule has 0 spiro atoms. The first kappa shape index (κ1) is 18.1. The molecule has 3 nitrogen and oxygen atoms in total. The van der Waals surface area contributed by atoms with Gasteiger partial charge in [0.25, 0.3) is 0 Å². The zero-order valence-electron chi connectivity index (χ0n) is 15.1. The van der Waals surface area contributed by atoms with Gasteiger partial charge < -0.3 is 10.1 Å². The molecule has 0 aliphatic rings. The van der Waals surface area contributed by atoms with Crippen LogP contribution in [0.15, 0.2) is 42.5 Å². The van der Waals surface area contributed by atoms with Gasteiger partial charge in [-0.25, -0.2) is 0 Å². The summed E-state index contributed by atoms with van der Waals surface area (Å²) in [7, 11) is 1.65. The first-order valence-corrected chi connectivity index (χ1v) is 8.53. The Morgan fingerprint density at radius 1 is 1.08 bits per heavy atom. The van der Waals surface area contributed by atoms with Crippen LogP contribution in [0.4, 0.5) is 0 Å². The summed E-state index contributed by atoms with van der Waals surface area (Å²) >= 11 is 0. The molecule has 1 N–H and O–H groups in total. The van der Waals surface area contributed by atoms with Gasteiger partial charge in [0.1, 0.15) is 5.75 Å². The maximum Gasteiger partial charge on any atom is 0.220 e. The van der Waals surface area contributed by atoms with Gasteiger partial charge >= 0.3 is 0 Å². The molecule has 1 atom stereocenters. The van der Waals surface area contributed by atoms with Gasteiger partial charge in [-0.05, 0) is 61.1 Å². The third-order valence-corrected chi connectivity index (χ3v) is 4.48. The fourth-order valence-electron chi connectivity index (χ4n) is 2.72. The van der Waals surface area contributed by atoms with Gasteiger partial charge in [-0.15, -0.1) is 0 Å². The molecule has 0 radical (unpaired) electrons. The summed E-state index contributed by atoms with van der Waals surface area (Å²) in [6.07, 6.45) is 2.11. The van der Waals surface area contributed by atoms with E-state index < -0.39 is 0 Å². The Morgan fingerprint density at radius 3 is 2.38 bits per heavy atom. The van der Waals surface area contributed by atoms with Gasteiger partial charge in [0.15, 0.2) is 0 Å². The lowest BCUT2D eigenvalue weighted by atomic mass is 9.99. The number of nitrogens with one attached hydrogen (secondary N) is 1. The lowest BCUT2D eigenvalue weighted by molar-refractivity contribution is -0.121. The number of carbonyl (C=O) groups excluding carboxylic acids is 1. The maximum absolute atomic E-state index is 12.3. The van der Waals surface area contributed by atoms with Crippen LogP contribution in [0.1, 0.15) is 48.1 Å². The molecule has 1 amide bonds.